The molecule has 0 saturated heterocycles. The van der Waals surface area contributed by atoms with Crippen LogP contribution in [0.1, 0.15) is 29.0 Å². The van der Waals surface area contributed by atoms with Crippen LogP contribution in [0.3, 0.4) is 0 Å². The smallest absolute Gasteiger partial charge is 0.374 e. The number of aromatic carboxylic acids is 1. The second kappa shape index (κ2) is 4.97. The van der Waals surface area contributed by atoms with Crippen LogP contribution in [0.4, 0.5) is 5.82 Å². The van der Waals surface area contributed by atoms with Crippen molar-refractivity contribution >= 4 is 23.1 Å². The Hall–Kier alpha value is -1.95. The Balaban J connectivity index is 1.87. The number of hydrogen-bond donors (Lipinski definition) is 1. The van der Waals surface area contributed by atoms with Gasteiger partial charge in [-0.3, -0.25) is 0 Å². The summed E-state index contributed by atoms with van der Waals surface area (Å²) in [5, 5.41) is 13.1. The Morgan fingerprint density at radius 3 is 2.95 bits per heavy atom. The number of carboxylic acids is 1. The molecule has 2 heterocycles. The molecule has 0 atom stereocenters. The maximum Gasteiger partial charge on any atom is 0.374 e. The Morgan fingerprint density at radius 2 is 2.32 bits per heavy atom. The molecule has 5 nitrogen and oxygen atoms in total. The van der Waals surface area contributed by atoms with Gasteiger partial charge >= 0.3 is 5.97 Å². The number of anilines is 1. The molecule has 0 aromatic carbocycles. The van der Waals surface area contributed by atoms with Gasteiger partial charge in [-0.1, -0.05) is 0 Å². The summed E-state index contributed by atoms with van der Waals surface area (Å²) in [6, 6.07) is 4.33. The number of aromatic nitrogens is 2. The topological polar surface area (TPSA) is 66.3 Å². The minimum atomic E-state index is -1.09. The second-order valence-electron chi connectivity index (χ2n) is 4.53. The van der Waals surface area contributed by atoms with E-state index in [2.05, 4.69) is 26.3 Å². The third kappa shape index (κ3) is 2.73. The molecule has 0 spiro atoms. The summed E-state index contributed by atoms with van der Waals surface area (Å²) in [6.07, 6.45) is 3.78. The highest BCUT2D eigenvalue weighted by Gasteiger charge is 2.30. The van der Waals surface area contributed by atoms with E-state index in [1.54, 1.807) is 17.4 Å². The molecular weight excluding hydrogens is 262 g/mol. The molecule has 0 radical (unpaired) electrons. The van der Waals surface area contributed by atoms with E-state index in [0.717, 1.165) is 19.4 Å². The molecule has 1 aliphatic rings. The molecule has 2 aromatic heterocycles. The molecule has 1 aliphatic carbocycles. The van der Waals surface area contributed by atoms with E-state index in [1.165, 1.54) is 11.8 Å². The van der Waals surface area contributed by atoms with Gasteiger partial charge in [0.05, 0.1) is 0 Å². The summed E-state index contributed by atoms with van der Waals surface area (Å²) < 4.78 is 0. The zero-order valence-corrected chi connectivity index (χ0v) is 11.0. The van der Waals surface area contributed by atoms with Crippen molar-refractivity contribution in [3.63, 3.8) is 0 Å². The van der Waals surface area contributed by atoms with Crippen LogP contribution in [0.15, 0.2) is 29.1 Å². The summed E-state index contributed by atoms with van der Waals surface area (Å²) >= 11 is 1.66. The van der Waals surface area contributed by atoms with Gasteiger partial charge in [-0.15, -0.1) is 0 Å². The number of carbonyl (C=O) groups is 1. The monoisotopic (exact) mass is 275 g/mol. The molecule has 6 heteroatoms. The summed E-state index contributed by atoms with van der Waals surface area (Å²) in [4.78, 5) is 21.0. The molecule has 0 bridgehead atoms. The molecule has 0 amide bonds. The third-order valence-electron chi connectivity index (χ3n) is 3.05. The molecule has 1 fully saturated rings. The van der Waals surface area contributed by atoms with Gasteiger partial charge in [-0.05, 0) is 41.3 Å². The molecule has 98 valence electrons. The van der Waals surface area contributed by atoms with Gasteiger partial charge in [-0.2, -0.15) is 11.3 Å². The SMILES string of the molecule is O=C(O)c1nccc(N(Cc2ccsc2)C2CC2)n1. The molecule has 0 aliphatic heterocycles. The van der Waals surface area contributed by atoms with Gasteiger partial charge in [0.1, 0.15) is 5.82 Å². The van der Waals surface area contributed by atoms with E-state index in [9.17, 15) is 4.79 Å². The summed E-state index contributed by atoms with van der Waals surface area (Å²) in [5.74, 6) is -0.539. The number of nitrogens with zero attached hydrogens (tertiary/aromatic N) is 3. The lowest BCUT2D eigenvalue weighted by Crippen LogP contribution is -2.26. The summed E-state index contributed by atoms with van der Waals surface area (Å²) in [6.45, 7) is 0.768. The predicted octanol–water partition coefficient (Wildman–Crippen LogP) is 2.41. The van der Waals surface area contributed by atoms with Crippen molar-refractivity contribution in [3.8, 4) is 0 Å². The standard InChI is InChI=1S/C13H13N3O2S/c17-13(18)12-14-5-3-11(15-12)16(10-1-2-10)7-9-4-6-19-8-9/h3-6,8,10H,1-2,7H2,(H,17,18). The van der Waals surface area contributed by atoms with Crippen LogP contribution in [-0.4, -0.2) is 27.1 Å². The maximum atomic E-state index is 10.9. The predicted molar refractivity (Wildman–Crippen MR) is 72.5 cm³/mol. The van der Waals surface area contributed by atoms with Crippen molar-refractivity contribution in [2.75, 3.05) is 4.90 Å². The lowest BCUT2D eigenvalue weighted by Gasteiger charge is -2.23. The first-order valence-corrected chi connectivity index (χ1v) is 7.02. The van der Waals surface area contributed by atoms with Crippen LogP contribution < -0.4 is 4.90 Å². The minimum Gasteiger partial charge on any atom is -0.475 e. The highest BCUT2D eigenvalue weighted by atomic mass is 32.1. The Bertz CT molecular complexity index is 581. The van der Waals surface area contributed by atoms with E-state index in [0.29, 0.717) is 11.9 Å². The normalized spacial score (nSPS) is 14.3. The fraction of sp³-hybridized carbons (Fsp3) is 0.308. The average molecular weight is 275 g/mol. The highest BCUT2D eigenvalue weighted by Crippen LogP contribution is 2.32. The van der Waals surface area contributed by atoms with E-state index in [4.69, 9.17) is 5.11 Å². The first-order chi connectivity index (χ1) is 9.24. The number of rotatable bonds is 5. The highest BCUT2D eigenvalue weighted by molar-refractivity contribution is 7.07. The Morgan fingerprint density at radius 1 is 1.47 bits per heavy atom. The first-order valence-electron chi connectivity index (χ1n) is 6.08. The van der Waals surface area contributed by atoms with Gasteiger partial charge in [0.2, 0.25) is 5.82 Å². The third-order valence-corrected chi connectivity index (χ3v) is 3.78. The van der Waals surface area contributed by atoms with Gasteiger partial charge in [0, 0.05) is 18.8 Å². The van der Waals surface area contributed by atoms with Crippen LogP contribution in [0.25, 0.3) is 0 Å². The molecule has 19 heavy (non-hydrogen) atoms. The molecule has 0 unspecified atom stereocenters. The second-order valence-corrected chi connectivity index (χ2v) is 5.31. The van der Waals surface area contributed by atoms with Gasteiger partial charge in [-0.25, -0.2) is 14.8 Å². The van der Waals surface area contributed by atoms with E-state index < -0.39 is 5.97 Å². The van der Waals surface area contributed by atoms with Crippen molar-refractivity contribution in [2.24, 2.45) is 0 Å². The van der Waals surface area contributed by atoms with E-state index >= 15 is 0 Å². The van der Waals surface area contributed by atoms with E-state index in [1.807, 2.05) is 5.38 Å². The maximum absolute atomic E-state index is 10.9. The molecule has 1 N–H and O–H groups in total. The molecule has 3 rings (SSSR count). The lowest BCUT2D eigenvalue weighted by atomic mass is 10.3. The quantitative estimate of drug-likeness (QED) is 0.907. The van der Waals surface area contributed by atoms with Crippen LogP contribution in [0, 0.1) is 0 Å². The van der Waals surface area contributed by atoms with Crippen LogP contribution in [0.2, 0.25) is 0 Å². The molecular formula is C13H13N3O2S. The lowest BCUT2D eigenvalue weighted by molar-refractivity contribution is 0.0683. The van der Waals surface area contributed by atoms with Crippen molar-refractivity contribution < 1.29 is 9.90 Å². The number of thiophene rings is 1. The molecule has 2 aromatic rings. The summed E-state index contributed by atoms with van der Waals surface area (Å²) in [5.41, 5.74) is 1.23. The van der Waals surface area contributed by atoms with Crippen LogP contribution >= 0.6 is 11.3 Å². The first kappa shape index (κ1) is 12.1. The fourth-order valence-electron chi connectivity index (χ4n) is 1.97. The largest absolute Gasteiger partial charge is 0.475 e. The van der Waals surface area contributed by atoms with Gasteiger partial charge in [0.25, 0.3) is 0 Å². The Labute approximate surface area is 114 Å². The van der Waals surface area contributed by atoms with Gasteiger partial charge in [0.15, 0.2) is 0 Å². The van der Waals surface area contributed by atoms with Crippen molar-refractivity contribution in [3.05, 3.63) is 40.5 Å². The fourth-order valence-corrected chi connectivity index (χ4v) is 2.63. The van der Waals surface area contributed by atoms with Crippen molar-refractivity contribution in [1.82, 2.24) is 9.97 Å². The zero-order valence-electron chi connectivity index (χ0n) is 10.2. The molecule has 1 saturated carbocycles. The average Bonchev–Trinajstić information content (AvgIpc) is 3.13. The van der Waals surface area contributed by atoms with Crippen molar-refractivity contribution in [1.29, 1.82) is 0 Å². The van der Waals surface area contributed by atoms with Crippen LogP contribution in [-0.2, 0) is 6.54 Å². The number of carboxylic acid groups (broad SMARTS) is 1. The minimum absolute atomic E-state index is 0.145. The zero-order chi connectivity index (χ0) is 13.2. The van der Waals surface area contributed by atoms with Crippen molar-refractivity contribution in [2.45, 2.75) is 25.4 Å². The van der Waals surface area contributed by atoms with E-state index in [-0.39, 0.29) is 5.82 Å². The van der Waals surface area contributed by atoms with Crippen LogP contribution in [0.5, 0.6) is 0 Å². The summed E-state index contributed by atoms with van der Waals surface area (Å²) in [7, 11) is 0. The van der Waals surface area contributed by atoms with Gasteiger partial charge < -0.3 is 10.0 Å². The Kier molecular flexibility index (Phi) is 3.16. The number of hydrogen-bond acceptors (Lipinski definition) is 5.